The molecule has 3 aromatic rings. The third-order valence-electron chi connectivity index (χ3n) is 5.36. The van der Waals surface area contributed by atoms with E-state index in [9.17, 15) is 9.59 Å². The number of hydrogen-bond donors (Lipinski definition) is 2. The molecule has 164 valence electrons. The van der Waals surface area contributed by atoms with Gasteiger partial charge in [-0.2, -0.15) is 5.10 Å². The second-order valence-corrected chi connectivity index (χ2v) is 7.55. The first-order valence-corrected chi connectivity index (χ1v) is 10.4. The van der Waals surface area contributed by atoms with Crippen LogP contribution >= 0.6 is 0 Å². The standard InChI is InChI=1S/C26H23N5O2/c1-3-19-6-4-5-7-24(19)31-16-21-12-13-22(14-23(21)29-17(2)26(31)33)30-25(32)20-10-8-18(9-11-20)15-28-27/h3-15H,1,16,27H2,2H3,(H,30,32). The predicted octanol–water partition coefficient (Wildman–Crippen LogP) is 4.51. The summed E-state index contributed by atoms with van der Waals surface area (Å²) >= 11 is 0. The Morgan fingerprint density at radius 2 is 1.91 bits per heavy atom. The molecule has 0 bridgehead atoms. The van der Waals surface area contributed by atoms with E-state index in [2.05, 4.69) is 22.0 Å². The third kappa shape index (κ3) is 4.57. The van der Waals surface area contributed by atoms with Crippen LogP contribution in [0.3, 0.4) is 0 Å². The van der Waals surface area contributed by atoms with Gasteiger partial charge in [0.25, 0.3) is 11.8 Å². The highest BCUT2D eigenvalue weighted by atomic mass is 16.2. The highest BCUT2D eigenvalue weighted by Crippen LogP contribution is 2.32. The molecule has 7 nitrogen and oxygen atoms in total. The number of benzene rings is 3. The zero-order valence-corrected chi connectivity index (χ0v) is 18.2. The van der Waals surface area contributed by atoms with Crippen LogP contribution in [-0.4, -0.2) is 23.7 Å². The van der Waals surface area contributed by atoms with Crippen molar-refractivity contribution in [3.05, 3.63) is 95.6 Å². The maximum Gasteiger partial charge on any atom is 0.272 e. The minimum absolute atomic E-state index is 0.174. The summed E-state index contributed by atoms with van der Waals surface area (Å²) < 4.78 is 0. The maximum atomic E-state index is 13.1. The number of rotatable bonds is 5. The SMILES string of the molecule is C=Cc1ccccc1N1Cc2ccc(NC(=O)c3ccc(C=NN)cc3)cc2N=C(C)C1=O. The summed E-state index contributed by atoms with van der Waals surface area (Å²) in [7, 11) is 0. The summed E-state index contributed by atoms with van der Waals surface area (Å²) in [6.45, 7) is 5.91. The normalized spacial score (nSPS) is 13.3. The molecule has 0 spiro atoms. The number of fused-ring (bicyclic) bond motifs is 1. The van der Waals surface area contributed by atoms with E-state index >= 15 is 0 Å². The van der Waals surface area contributed by atoms with Crippen LogP contribution in [0.2, 0.25) is 0 Å². The molecule has 0 saturated carbocycles. The maximum absolute atomic E-state index is 13.1. The van der Waals surface area contributed by atoms with Gasteiger partial charge in [-0.25, -0.2) is 4.99 Å². The molecule has 4 rings (SSSR count). The van der Waals surface area contributed by atoms with Gasteiger partial charge in [0.15, 0.2) is 0 Å². The number of carbonyl (C=O) groups excluding carboxylic acids is 2. The van der Waals surface area contributed by atoms with Gasteiger partial charge < -0.3 is 16.1 Å². The highest BCUT2D eigenvalue weighted by Gasteiger charge is 2.25. The van der Waals surface area contributed by atoms with Crippen LogP contribution in [0.4, 0.5) is 17.1 Å². The van der Waals surface area contributed by atoms with Crippen molar-refractivity contribution in [3.8, 4) is 0 Å². The molecule has 0 aliphatic carbocycles. The van der Waals surface area contributed by atoms with Crippen molar-refractivity contribution >= 4 is 46.9 Å². The van der Waals surface area contributed by atoms with Crippen LogP contribution in [0.25, 0.3) is 6.08 Å². The number of hydrogen-bond acceptors (Lipinski definition) is 5. The van der Waals surface area contributed by atoms with Crippen LogP contribution < -0.4 is 16.1 Å². The van der Waals surface area contributed by atoms with Crippen molar-refractivity contribution in [2.75, 3.05) is 10.2 Å². The van der Waals surface area contributed by atoms with E-state index in [0.717, 1.165) is 22.4 Å². The Morgan fingerprint density at radius 3 is 2.64 bits per heavy atom. The summed E-state index contributed by atoms with van der Waals surface area (Å²) in [4.78, 5) is 32.0. The summed E-state index contributed by atoms with van der Waals surface area (Å²) in [5, 5.41) is 6.36. The Hall–Kier alpha value is -4.52. The average Bonchev–Trinajstić information content (AvgIpc) is 2.95. The first kappa shape index (κ1) is 21.7. The minimum Gasteiger partial charge on any atom is -0.323 e. The molecule has 3 aromatic carbocycles. The van der Waals surface area contributed by atoms with Crippen molar-refractivity contribution in [1.29, 1.82) is 0 Å². The van der Waals surface area contributed by atoms with Gasteiger partial charge in [-0.1, -0.05) is 49.1 Å². The molecule has 1 heterocycles. The smallest absolute Gasteiger partial charge is 0.272 e. The lowest BCUT2D eigenvalue weighted by molar-refractivity contribution is -0.112. The van der Waals surface area contributed by atoms with E-state index in [1.165, 1.54) is 6.21 Å². The Labute approximate surface area is 192 Å². The summed E-state index contributed by atoms with van der Waals surface area (Å²) in [5.41, 5.74) is 5.44. The van der Waals surface area contributed by atoms with Crippen molar-refractivity contribution in [1.82, 2.24) is 0 Å². The van der Waals surface area contributed by atoms with Gasteiger partial charge in [-0.3, -0.25) is 9.59 Å². The topological polar surface area (TPSA) is 100 Å². The molecule has 0 fully saturated rings. The zero-order chi connectivity index (χ0) is 23.4. The molecule has 1 aliphatic heterocycles. The lowest BCUT2D eigenvalue weighted by atomic mass is 10.1. The first-order chi connectivity index (χ1) is 16.0. The summed E-state index contributed by atoms with van der Waals surface area (Å²) in [6, 6.07) is 20.0. The predicted molar refractivity (Wildman–Crippen MR) is 133 cm³/mol. The number of anilines is 2. The van der Waals surface area contributed by atoms with Crippen molar-refractivity contribution in [2.24, 2.45) is 15.9 Å². The summed E-state index contributed by atoms with van der Waals surface area (Å²) in [6.07, 6.45) is 3.24. The van der Waals surface area contributed by atoms with E-state index in [4.69, 9.17) is 5.84 Å². The fourth-order valence-electron chi connectivity index (χ4n) is 3.66. The Balaban J connectivity index is 1.61. The zero-order valence-electron chi connectivity index (χ0n) is 18.2. The quantitative estimate of drug-likeness (QED) is 0.349. The van der Waals surface area contributed by atoms with Gasteiger partial charge in [0.1, 0.15) is 5.71 Å². The number of amides is 2. The van der Waals surface area contributed by atoms with Crippen LogP contribution in [0.1, 0.15) is 34.0 Å². The number of hydrazone groups is 1. The number of para-hydroxylation sites is 1. The van der Waals surface area contributed by atoms with E-state index in [1.807, 2.05) is 36.4 Å². The fourth-order valence-corrected chi connectivity index (χ4v) is 3.66. The Morgan fingerprint density at radius 1 is 1.15 bits per heavy atom. The van der Waals surface area contributed by atoms with Crippen LogP contribution in [-0.2, 0) is 11.3 Å². The Kier molecular flexibility index (Phi) is 6.13. The number of nitrogens with one attached hydrogen (secondary N) is 1. The lowest BCUT2D eigenvalue weighted by Crippen LogP contribution is -2.34. The second-order valence-electron chi connectivity index (χ2n) is 7.55. The van der Waals surface area contributed by atoms with Gasteiger partial charge in [-0.15, -0.1) is 0 Å². The molecule has 2 amide bonds. The van der Waals surface area contributed by atoms with E-state index in [1.54, 1.807) is 48.2 Å². The van der Waals surface area contributed by atoms with E-state index in [-0.39, 0.29) is 11.8 Å². The molecule has 0 radical (unpaired) electrons. The molecular weight excluding hydrogens is 414 g/mol. The average molecular weight is 438 g/mol. The molecular formula is C26H23N5O2. The van der Waals surface area contributed by atoms with Gasteiger partial charge in [0, 0.05) is 11.3 Å². The molecule has 7 heteroatoms. The number of carbonyl (C=O) groups is 2. The Bertz CT molecular complexity index is 1290. The van der Waals surface area contributed by atoms with E-state index < -0.39 is 0 Å². The second kappa shape index (κ2) is 9.32. The molecule has 0 atom stereocenters. The van der Waals surface area contributed by atoms with Crippen LogP contribution in [0.5, 0.6) is 0 Å². The van der Waals surface area contributed by atoms with Crippen molar-refractivity contribution in [3.63, 3.8) is 0 Å². The number of nitrogens with two attached hydrogens (primary N) is 1. The molecule has 0 aromatic heterocycles. The first-order valence-electron chi connectivity index (χ1n) is 10.4. The molecule has 33 heavy (non-hydrogen) atoms. The van der Waals surface area contributed by atoms with Crippen molar-refractivity contribution < 1.29 is 9.59 Å². The molecule has 0 unspecified atom stereocenters. The van der Waals surface area contributed by atoms with Gasteiger partial charge in [0.2, 0.25) is 0 Å². The largest absolute Gasteiger partial charge is 0.323 e. The molecule has 0 saturated heterocycles. The van der Waals surface area contributed by atoms with Gasteiger partial charge in [0.05, 0.1) is 24.1 Å². The number of aliphatic imine (C=N–C) groups is 1. The van der Waals surface area contributed by atoms with Gasteiger partial charge in [-0.05, 0) is 53.9 Å². The monoisotopic (exact) mass is 437 g/mol. The van der Waals surface area contributed by atoms with Gasteiger partial charge >= 0.3 is 0 Å². The molecule has 3 N–H and O–H groups in total. The van der Waals surface area contributed by atoms with E-state index in [0.29, 0.717) is 29.2 Å². The fraction of sp³-hybridized carbons (Fsp3) is 0.0769. The highest BCUT2D eigenvalue weighted by molar-refractivity contribution is 6.43. The lowest BCUT2D eigenvalue weighted by Gasteiger charge is -2.23. The summed E-state index contributed by atoms with van der Waals surface area (Å²) in [5.74, 6) is 4.73. The number of nitrogens with zero attached hydrogens (tertiary/aromatic N) is 3. The van der Waals surface area contributed by atoms with Crippen molar-refractivity contribution in [2.45, 2.75) is 13.5 Å². The third-order valence-corrected chi connectivity index (χ3v) is 5.36. The minimum atomic E-state index is -0.252. The molecule has 1 aliphatic rings. The van der Waals surface area contributed by atoms with Crippen LogP contribution in [0, 0.1) is 0 Å². The van der Waals surface area contributed by atoms with Crippen LogP contribution in [0.15, 0.2) is 83.4 Å².